The van der Waals surface area contributed by atoms with E-state index in [1.807, 2.05) is 30.3 Å². The highest BCUT2D eigenvalue weighted by atomic mass is 32.1. The highest BCUT2D eigenvalue weighted by molar-refractivity contribution is 7.17. The zero-order valence-electron chi connectivity index (χ0n) is 15.1. The van der Waals surface area contributed by atoms with Crippen LogP contribution in [0.15, 0.2) is 67.1 Å². The molecular formula is C20H16N6O2S. The van der Waals surface area contributed by atoms with Gasteiger partial charge in [0.15, 0.2) is 5.13 Å². The number of thiazole rings is 1. The molecule has 29 heavy (non-hydrogen) atoms. The van der Waals surface area contributed by atoms with E-state index in [-0.39, 0.29) is 0 Å². The van der Waals surface area contributed by atoms with E-state index in [1.54, 1.807) is 30.6 Å². The number of nitrogens with zero attached hydrogens (tertiary/aromatic N) is 3. The quantitative estimate of drug-likeness (QED) is 0.445. The van der Waals surface area contributed by atoms with Gasteiger partial charge < -0.3 is 21.5 Å². The maximum atomic E-state index is 11.3. The molecule has 4 rings (SSSR count). The predicted octanol–water partition coefficient (Wildman–Crippen LogP) is 3.82. The lowest BCUT2D eigenvalue weighted by Crippen LogP contribution is -2.11. The van der Waals surface area contributed by atoms with E-state index in [4.69, 9.17) is 16.2 Å². The van der Waals surface area contributed by atoms with E-state index in [2.05, 4.69) is 20.3 Å². The van der Waals surface area contributed by atoms with E-state index < -0.39 is 5.91 Å². The number of anilines is 3. The van der Waals surface area contributed by atoms with Gasteiger partial charge in [0.2, 0.25) is 11.0 Å². The number of benzene rings is 1. The Bertz CT molecular complexity index is 1160. The van der Waals surface area contributed by atoms with E-state index >= 15 is 0 Å². The fourth-order valence-corrected chi connectivity index (χ4v) is 3.34. The van der Waals surface area contributed by atoms with Crippen LogP contribution in [0.2, 0.25) is 0 Å². The molecule has 4 aromatic rings. The SMILES string of the molecule is NC(=O)c1cncc(Nc2cc(Oc3sc(N)nc3-c3ccccc3)ccn2)c1. The van der Waals surface area contributed by atoms with Crippen molar-refractivity contribution in [3.8, 4) is 22.1 Å². The summed E-state index contributed by atoms with van der Waals surface area (Å²) < 4.78 is 6.03. The van der Waals surface area contributed by atoms with Gasteiger partial charge >= 0.3 is 0 Å². The molecule has 9 heteroatoms. The first-order valence-corrected chi connectivity index (χ1v) is 9.37. The Morgan fingerprint density at radius 3 is 2.72 bits per heavy atom. The standard InChI is InChI=1S/C20H16N6O2S/c21-18(27)13-8-14(11-23-10-13)25-16-9-15(6-7-24-16)28-19-17(26-20(22)29-19)12-4-2-1-3-5-12/h1-11H,(H2,21,27)(H2,22,26)(H,24,25). The third-order valence-corrected chi connectivity index (χ3v) is 4.66. The van der Waals surface area contributed by atoms with E-state index in [1.165, 1.54) is 17.5 Å². The third kappa shape index (κ3) is 4.30. The van der Waals surface area contributed by atoms with Gasteiger partial charge in [0.25, 0.3) is 0 Å². The molecule has 0 radical (unpaired) electrons. The number of amides is 1. The van der Waals surface area contributed by atoms with Gasteiger partial charge in [-0.25, -0.2) is 9.97 Å². The van der Waals surface area contributed by atoms with Crippen LogP contribution >= 0.6 is 11.3 Å². The molecule has 0 unspecified atom stereocenters. The largest absolute Gasteiger partial charge is 0.444 e. The molecular weight excluding hydrogens is 388 g/mol. The average molecular weight is 404 g/mol. The molecule has 144 valence electrons. The second-order valence-electron chi connectivity index (χ2n) is 5.98. The van der Waals surface area contributed by atoms with Crippen molar-refractivity contribution in [2.75, 3.05) is 11.1 Å². The van der Waals surface area contributed by atoms with Gasteiger partial charge in [-0.3, -0.25) is 9.78 Å². The Morgan fingerprint density at radius 2 is 1.93 bits per heavy atom. The first kappa shape index (κ1) is 18.4. The molecule has 8 nitrogen and oxygen atoms in total. The number of nitrogens with two attached hydrogens (primary N) is 2. The molecule has 0 aliphatic carbocycles. The summed E-state index contributed by atoms with van der Waals surface area (Å²) in [6.45, 7) is 0. The highest BCUT2D eigenvalue weighted by Crippen LogP contribution is 2.39. The number of nitrogen functional groups attached to an aromatic ring is 1. The molecule has 3 heterocycles. The summed E-state index contributed by atoms with van der Waals surface area (Å²) in [4.78, 5) is 24.0. The zero-order chi connectivity index (χ0) is 20.2. The molecule has 0 bridgehead atoms. The van der Waals surface area contributed by atoms with Crippen LogP contribution in [0, 0.1) is 0 Å². The number of ether oxygens (including phenoxy) is 1. The van der Waals surface area contributed by atoms with Crippen molar-refractivity contribution in [3.63, 3.8) is 0 Å². The lowest BCUT2D eigenvalue weighted by Gasteiger charge is -2.09. The lowest BCUT2D eigenvalue weighted by atomic mass is 10.2. The molecule has 1 aromatic carbocycles. The van der Waals surface area contributed by atoms with Gasteiger partial charge in [0.1, 0.15) is 17.3 Å². The summed E-state index contributed by atoms with van der Waals surface area (Å²) in [6, 6.07) is 14.7. The summed E-state index contributed by atoms with van der Waals surface area (Å²) >= 11 is 1.26. The zero-order valence-corrected chi connectivity index (χ0v) is 15.9. The van der Waals surface area contributed by atoms with Crippen LogP contribution in [0.25, 0.3) is 11.3 Å². The maximum Gasteiger partial charge on any atom is 0.250 e. The molecule has 0 aliphatic rings. The summed E-state index contributed by atoms with van der Waals surface area (Å²) in [5, 5.41) is 4.08. The number of aromatic nitrogens is 3. The summed E-state index contributed by atoms with van der Waals surface area (Å²) in [5.74, 6) is 0.523. The average Bonchev–Trinajstić information content (AvgIpc) is 3.09. The molecule has 5 N–H and O–H groups in total. The number of primary amides is 1. The van der Waals surface area contributed by atoms with E-state index in [9.17, 15) is 4.79 Å². The van der Waals surface area contributed by atoms with Gasteiger partial charge in [-0.1, -0.05) is 41.7 Å². The molecule has 0 atom stereocenters. The Hall–Kier alpha value is -3.98. The van der Waals surface area contributed by atoms with Crippen molar-refractivity contribution < 1.29 is 9.53 Å². The van der Waals surface area contributed by atoms with E-state index in [0.717, 1.165) is 5.56 Å². The van der Waals surface area contributed by atoms with Crippen LogP contribution in [0.3, 0.4) is 0 Å². The minimum absolute atomic E-state index is 0.301. The molecule has 3 aromatic heterocycles. The normalized spacial score (nSPS) is 10.5. The van der Waals surface area contributed by atoms with Crippen molar-refractivity contribution >= 4 is 33.9 Å². The maximum absolute atomic E-state index is 11.3. The van der Waals surface area contributed by atoms with Crippen molar-refractivity contribution in [1.29, 1.82) is 0 Å². The lowest BCUT2D eigenvalue weighted by molar-refractivity contribution is 0.1000. The molecule has 1 amide bonds. The molecule has 0 aliphatic heterocycles. The summed E-state index contributed by atoms with van der Waals surface area (Å²) in [6.07, 6.45) is 4.58. The van der Waals surface area contributed by atoms with Gasteiger partial charge in [-0.2, -0.15) is 0 Å². The predicted molar refractivity (Wildman–Crippen MR) is 112 cm³/mol. The minimum atomic E-state index is -0.553. The number of carbonyl (C=O) groups is 1. The number of carbonyl (C=O) groups excluding carboxylic acids is 1. The fourth-order valence-electron chi connectivity index (χ4n) is 2.61. The monoisotopic (exact) mass is 404 g/mol. The van der Waals surface area contributed by atoms with Crippen LogP contribution in [0.1, 0.15) is 10.4 Å². The number of rotatable bonds is 6. The van der Waals surface area contributed by atoms with Gasteiger partial charge in [-0.15, -0.1) is 0 Å². The van der Waals surface area contributed by atoms with Crippen molar-refractivity contribution in [1.82, 2.24) is 15.0 Å². The molecule has 0 spiro atoms. The third-order valence-electron chi connectivity index (χ3n) is 3.90. The highest BCUT2D eigenvalue weighted by Gasteiger charge is 2.14. The Balaban J connectivity index is 1.58. The van der Waals surface area contributed by atoms with Crippen molar-refractivity contribution in [2.24, 2.45) is 5.73 Å². The number of hydrogen-bond donors (Lipinski definition) is 3. The first-order chi connectivity index (χ1) is 14.1. The number of nitrogens with one attached hydrogen (secondary N) is 1. The van der Waals surface area contributed by atoms with Crippen molar-refractivity contribution in [3.05, 3.63) is 72.7 Å². The minimum Gasteiger partial charge on any atom is -0.444 e. The van der Waals surface area contributed by atoms with Gasteiger partial charge in [0.05, 0.1) is 17.4 Å². The van der Waals surface area contributed by atoms with E-state index in [0.29, 0.717) is 38.7 Å². The Kier molecular flexibility index (Phi) is 5.04. The molecule has 0 saturated carbocycles. The van der Waals surface area contributed by atoms with Gasteiger partial charge in [-0.05, 0) is 12.1 Å². The van der Waals surface area contributed by atoms with Crippen molar-refractivity contribution in [2.45, 2.75) is 0 Å². The van der Waals surface area contributed by atoms with Crippen LogP contribution in [0.5, 0.6) is 10.8 Å². The smallest absolute Gasteiger partial charge is 0.250 e. The second kappa shape index (κ2) is 7.95. The van der Waals surface area contributed by atoms with Crippen LogP contribution in [-0.2, 0) is 0 Å². The number of pyridine rings is 2. The Labute approximate surface area is 170 Å². The molecule has 0 fully saturated rings. The first-order valence-electron chi connectivity index (χ1n) is 8.56. The molecule has 0 saturated heterocycles. The fraction of sp³-hybridized carbons (Fsp3) is 0. The van der Waals surface area contributed by atoms with Crippen LogP contribution in [0.4, 0.5) is 16.6 Å². The van der Waals surface area contributed by atoms with Crippen LogP contribution < -0.4 is 21.5 Å². The number of hydrogen-bond acceptors (Lipinski definition) is 8. The summed E-state index contributed by atoms with van der Waals surface area (Å²) in [7, 11) is 0. The Morgan fingerprint density at radius 1 is 1.10 bits per heavy atom. The second-order valence-corrected chi connectivity index (χ2v) is 6.98. The topological polar surface area (TPSA) is 129 Å². The summed E-state index contributed by atoms with van der Waals surface area (Å²) in [5.41, 5.74) is 13.7. The van der Waals surface area contributed by atoms with Gasteiger partial charge in [0, 0.05) is 24.0 Å². The van der Waals surface area contributed by atoms with Crippen LogP contribution in [-0.4, -0.2) is 20.9 Å².